The molecule has 3 rings (SSSR count). The van der Waals surface area contributed by atoms with Gasteiger partial charge in [0, 0.05) is 13.1 Å². The van der Waals surface area contributed by atoms with Crippen molar-refractivity contribution in [2.75, 3.05) is 19.7 Å². The molecular formula is C23H35NO2. The predicted octanol–water partition coefficient (Wildman–Crippen LogP) is 5.88. The Hall–Kier alpha value is -1.51. The highest BCUT2D eigenvalue weighted by Gasteiger charge is 2.46. The number of amides is 1. The van der Waals surface area contributed by atoms with Gasteiger partial charge in [0.2, 0.25) is 0 Å². The van der Waals surface area contributed by atoms with Gasteiger partial charge in [0.05, 0.1) is 6.61 Å². The lowest BCUT2D eigenvalue weighted by atomic mass is 9.56. The molecule has 1 heterocycles. The lowest BCUT2D eigenvalue weighted by molar-refractivity contribution is 0.0115. The van der Waals surface area contributed by atoms with Crippen LogP contribution in [0, 0.1) is 5.41 Å². The van der Waals surface area contributed by atoms with Gasteiger partial charge in [-0.2, -0.15) is 0 Å². The van der Waals surface area contributed by atoms with Crippen molar-refractivity contribution in [3.8, 4) is 0 Å². The summed E-state index contributed by atoms with van der Waals surface area (Å²) < 4.78 is 5.36. The van der Waals surface area contributed by atoms with Crippen LogP contribution in [0.2, 0.25) is 0 Å². The molecule has 26 heavy (non-hydrogen) atoms. The molecule has 1 aliphatic heterocycles. The van der Waals surface area contributed by atoms with Gasteiger partial charge in [-0.25, -0.2) is 4.79 Å². The summed E-state index contributed by atoms with van der Waals surface area (Å²) in [6.45, 7) is 11.2. The van der Waals surface area contributed by atoms with Crippen molar-refractivity contribution in [1.82, 2.24) is 4.90 Å². The zero-order valence-corrected chi connectivity index (χ0v) is 17.0. The van der Waals surface area contributed by atoms with Gasteiger partial charge in [0.25, 0.3) is 0 Å². The summed E-state index contributed by atoms with van der Waals surface area (Å²) in [6, 6.07) is 9.18. The summed E-state index contributed by atoms with van der Waals surface area (Å²) in [5.41, 5.74) is 3.61. The molecule has 0 unspecified atom stereocenters. The van der Waals surface area contributed by atoms with Gasteiger partial charge < -0.3 is 9.64 Å². The van der Waals surface area contributed by atoms with Crippen LogP contribution in [-0.4, -0.2) is 30.7 Å². The number of carbonyl (C=O) groups excluding carboxylic acids is 1. The Kier molecular flexibility index (Phi) is 5.64. The summed E-state index contributed by atoms with van der Waals surface area (Å²) >= 11 is 0. The molecule has 2 aliphatic rings. The molecule has 1 saturated carbocycles. The van der Waals surface area contributed by atoms with E-state index in [0.717, 1.165) is 38.8 Å². The lowest BCUT2D eigenvalue weighted by Gasteiger charge is -2.52. The van der Waals surface area contributed by atoms with Crippen LogP contribution in [0.4, 0.5) is 4.79 Å². The molecule has 1 aliphatic carbocycles. The maximum absolute atomic E-state index is 12.1. The third-order valence-electron chi connectivity index (χ3n) is 6.39. The monoisotopic (exact) mass is 357 g/mol. The summed E-state index contributed by atoms with van der Waals surface area (Å²) in [5.74, 6) is 0.695. The average molecular weight is 358 g/mol. The first-order valence-corrected chi connectivity index (χ1v) is 10.4. The first-order valence-electron chi connectivity index (χ1n) is 10.4. The molecule has 144 valence electrons. The molecule has 3 nitrogen and oxygen atoms in total. The SMILES string of the molecule is CCCCOC(=O)N1CCC2(CC1)CC(c1cccc(C(C)(C)C)c1)C2. The maximum atomic E-state index is 12.1. The fourth-order valence-corrected chi connectivity index (χ4v) is 4.45. The Morgan fingerprint density at radius 1 is 1.23 bits per heavy atom. The van der Waals surface area contributed by atoms with Crippen LogP contribution in [0.25, 0.3) is 0 Å². The third kappa shape index (κ3) is 4.24. The first-order chi connectivity index (χ1) is 12.3. The molecule has 1 aromatic rings. The number of unbranched alkanes of at least 4 members (excludes halogenated alkanes) is 1. The molecule has 1 amide bonds. The first kappa shape index (κ1) is 19.3. The molecule has 1 aromatic carbocycles. The molecule has 0 aromatic heterocycles. The van der Waals surface area contributed by atoms with Gasteiger partial charge in [-0.1, -0.05) is 58.4 Å². The number of benzene rings is 1. The highest BCUT2D eigenvalue weighted by atomic mass is 16.6. The van der Waals surface area contributed by atoms with Crippen LogP contribution in [-0.2, 0) is 10.2 Å². The van der Waals surface area contributed by atoms with Crippen molar-refractivity contribution >= 4 is 6.09 Å². The second-order valence-corrected chi connectivity index (χ2v) is 9.44. The van der Waals surface area contributed by atoms with E-state index in [1.165, 1.54) is 24.0 Å². The largest absolute Gasteiger partial charge is 0.449 e. The number of rotatable bonds is 4. The van der Waals surface area contributed by atoms with Crippen LogP contribution < -0.4 is 0 Å². The Bertz CT molecular complexity index is 615. The summed E-state index contributed by atoms with van der Waals surface area (Å²) in [5, 5.41) is 0. The van der Waals surface area contributed by atoms with Crippen molar-refractivity contribution in [2.24, 2.45) is 5.41 Å². The van der Waals surface area contributed by atoms with Crippen LogP contribution in [0.3, 0.4) is 0 Å². The molecule has 0 N–H and O–H groups in total. The molecule has 0 radical (unpaired) electrons. The van der Waals surface area contributed by atoms with Gasteiger partial charge >= 0.3 is 6.09 Å². The maximum Gasteiger partial charge on any atom is 0.409 e. The number of likely N-dealkylation sites (tertiary alicyclic amines) is 1. The number of ether oxygens (including phenoxy) is 1. The van der Waals surface area contributed by atoms with E-state index < -0.39 is 0 Å². The van der Waals surface area contributed by atoms with Crippen molar-refractivity contribution in [2.45, 2.75) is 77.6 Å². The van der Waals surface area contributed by atoms with Crippen molar-refractivity contribution in [3.63, 3.8) is 0 Å². The van der Waals surface area contributed by atoms with E-state index in [1.54, 1.807) is 0 Å². The third-order valence-corrected chi connectivity index (χ3v) is 6.39. The van der Waals surface area contributed by atoms with Crippen LogP contribution >= 0.6 is 0 Å². The summed E-state index contributed by atoms with van der Waals surface area (Å²) in [6.07, 6.45) is 6.73. The predicted molar refractivity (Wildman–Crippen MR) is 107 cm³/mol. The fourth-order valence-electron chi connectivity index (χ4n) is 4.45. The Labute approximate surface area is 159 Å². The minimum atomic E-state index is -0.109. The van der Waals surface area contributed by atoms with Gasteiger partial charge in [0.15, 0.2) is 0 Å². The Morgan fingerprint density at radius 3 is 2.54 bits per heavy atom. The average Bonchev–Trinajstić information content (AvgIpc) is 2.59. The molecule has 0 atom stereocenters. The number of piperidine rings is 1. The second-order valence-electron chi connectivity index (χ2n) is 9.44. The van der Waals surface area contributed by atoms with E-state index in [-0.39, 0.29) is 11.5 Å². The minimum absolute atomic E-state index is 0.109. The Balaban J connectivity index is 1.50. The number of nitrogens with zero attached hydrogens (tertiary/aromatic N) is 1. The smallest absolute Gasteiger partial charge is 0.409 e. The van der Waals surface area contributed by atoms with Gasteiger partial charge in [0.1, 0.15) is 0 Å². The van der Waals surface area contributed by atoms with Crippen LogP contribution in [0.5, 0.6) is 0 Å². The van der Waals surface area contributed by atoms with E-state index in [2.05, 4.69) is 52.0 Å². The van der Waals surface area contributed by atoms with E-state index >= 15 is 0 Å². The highest BCUT2D eigenvalue weighted by Crippen LogP contribution is 2.56. The molecule has 1 spiro atoms. The molecule has 0 bridgehead atoms. The van der Waals surface area contributed by atoms with E-state index in [4.69, 9.17) is 4.74 Å². The fraction of sp³-hybridized carbons (Fsp3) is 0.696. The van der Waals surface area contributed by atoms with Crippen molar-refractivity contribution in [1.29, 1.82) is 0 Å². The van der Waals surface area contributed by atoms with E-state index in [0.29, 0.717) is 17.9 Å². The van der Waals surface area contributed by atoms with E-state index in [1.807, 2.05) is 4.90 Å². The standard InChI is InChI=1S/C23H35NO2/c1-5-6-14-26-21(25)24-12-10-23(11-13-24)16-19(17-23)18-8-7-9-20(15-18)22(2,3)4/h7-9,15,19H,5-6,10-14,16-17H2,1-4H3. The lowest BCUT2D eigenvalue weighted by Crippen LogP contribution is -2.48. The number of hydrogen-bond donors (Lipinski definition) is 0. The van der Waals surface area contributed by atoms with Crippen molar-refractivity contribution < 1.29 is 9.53 Å². The Morgan fingerprint density at radius 2 is 1.92 bits per heavy atom. The topological polar surface area (TPSA) is 29.5 Å². The summed E-state index contributed by atoms with van der Waals surface area (Å²) in [7, 11) is 0. The van der Waals surface area contributed by atoms with E-state index in [9.17, 15) is 4.79 Å². The molecular weight excluding hydrogens is 322 g/mol. The molecule has 3 heteroatoms. The summed E-state index contributed by atoms with van der Waals surface area (Å²) in [4.78, 5) is 14.0. The number of carbonyl (C=O) groups is 1. The van der Waals surface area contributed by atoms with Gasteiger partial charge in [-0.15, -0.1) is 0 Å². The van der Waals surface area contributed by atoms with Crippen LogP contribution in [0.1, 0.15) is 83.3 Å². The normalized spacial score (nSPS) is 20.1. The zero-order valence-electron chi connectivity index (χ0n) is 17.0. The minimum Gasteiger partial charge on any atom is -0.449 e. The molecule has 1 saturated heterocycles. The highest BCUT2D eigenvalue weighted by molar-refractivity contribution is 5.67. The second kappa shape index (κ2) is 7.62. The molecule has 2 fully saturated rings. The quantitative estimate of drug-likeness (QED) is 0.630. The number of hydrogen-bond acceptors (Lipinski definition) is 2. The van der Waals surface area contributed by atoms with Crippen molar-refractivity contribution in [3.05, 3.63) is 35.4 Å². The zero-order chi connectivity index (χ0) is 18.8. The van der Waals surface area contributed by atoms with Gasteiger partial charge in [-0.05, 0) is 60.0 Å². The van der Waals surface area contributed by atoms with Gasteiger partial charge in [-0.3, -0.25) is 0 Å². The van der Waals surface area contributed by atoms with Crippen LogP contribution in [0.15, 0.2) is 24.3 Å².